The summed E-state index contributed by atoms with van der Waals surface area (Å²) in [5.41, 5.74) is 1.96. The molecular formula is C23H18ClNO4S4. The predicted molar refractivity (Wildman–Crippen MR) is 131 cm³/mol. The van der Waals surface area contributed by atoms with Crippen LogP contribution in [0.25, 0.3) is 0 Å². The lowest BCUT2D eigenvalue weighted by atomic mass is 10.2. The van der Waals surface area contributed by atoms with Gasteiger partial charge >= 0.3 is 0 Å². The third-order valence-electron chi connectivity index (χ3n) is 4.73. The van der Waals surface area contributed by atoms with Crippen LogP contribution in [0.5, 0.6) is 0 Å². The standard InChI is InChI=1S/C23H18ClNO4S4/c1-15-3-9-18(10-4-15)30-23-25-21(32(26,27)19-11-5-16(2)6-12-19)22(31-23)33(28,29)20-13-7-17(24)8-14-20/h3-14H,1-2H3. The van der Waals surface area contributed by atoms with E-state index < -0.39 is 24.7 Å². The molecule has 0 fully saturated rings. The van der Waals surface area contributed by atoms with E-state index in [-0.39, 0.29) is 14.0 Å². The summed E-state index contributed by atoms with van der Waals surface area (Å²) in [5.74, 6) is 0. The van der Waals surface area contributed by atoms with E-state index in [1.165, 1.54) is 48.2 Å². The number of halogens is 1. The number of hydrogen-bond acceptors (Lipinski definition) is 7. The van der Waals surface area contributed by atoms with Crippen LogP contribution in [0.3, 0.4) is 0 Å². The zero-order chi connectivity index (χ0) is 23.8. The van der Waals surface area contributed by atoms with Crippen molar-refractivity contribution in [3.63, 3.8) is 0 Å². The molecule has 0 aliphatic carbocycles. The molecule has 0 spiro atoms. The first-order valence-corrected chi connectivity index (χ1v) is 14.6. The molecule has 0 unspecified atom stereocenters. The summed E-state index contributed by atoms with van der Waals surface area (Å²) in [5, 5.41) is -0.0951. The Morgan fingerprint density at radius 3 is 1.79 bits per heavy atom. The van der Waals surface area contributed by atoms with Gasteiger partial charge < -0.3 is 0 Å². The van der Waals surface area contributed by atoms with Crippen molar-refractivity contribution in [2.24, 2.45) is 0 Å². The van der Waals surface area contributed by atoms with Gasteiger partial charge in [-0.1, -0.05) is 70.1 Å². The fraction of sp³-hybridized carbons (Fsp3) is 0.0870. The largest absolute Gasteiger partial charge is 0.226 e. The molecular weight excluding hydrogens is 518 g/mol. The first-order valence-electron chi connectivity index (χ1n) is 9.65. The second kappa shape index (κ2) is 9.23. The Morgan fingerprint density at radius 1 is 0.727 bits per heavy atom. The van der Waals surface area contributed by atoms with Crippen LogP contribution in [0.1, 0.15) is 11.1 Å². The first kappa shape index (κ1) is 24.0. The molecule has 0 amide bonds. The molecule has 170 valence electrons. The van der Waals surface area contributed by atoms with Crippen LogP contribution < -0.4 is 0 Å². The first-order chi connectivity index (χ1) is 15.6. The van der Waals surface area contributed by atoms with Crippen molar-refractivity contribution in [1.29, 1.82) is 0 Å². The Labute approximate surface area is 206 Å². The quantitative estimate of drug-likeness (QED) is 0.291. The number of nitrogens with zero attached hydrogens (tertiary/aromatic N) is 1. The maximum Gasteiger partial charge on any atom is 0.226 e. The van der Waals surface area contributed by atoms with Gasteiger partial charge in [0, 0.05) is 9.92 Å². The third kappa shape index (κ3) is 5.02. The summed E-state index contributed by atoms with van der Waals surface area (Å²) < 4.78 is 53.8. The molecule has 3 aromatic carbocycles. The number of rotatable bonds is 6. The van der Waals surface area contributed by atoms with Gasteiger partial charge in [-0.25, -0.2) is 21.8 Å². The Kier molecular flexibility index (Phi) is 6.70. The van der Waals surface area contributed by atoms with Crippen LogP contribution in [0, 0.1) is 13.8 Å². The topological polar surface area (TPSA) is 81.2 Å². The Hall–Kier alpha value is -2.17. The van der Waals surface area contributed by atoms with Gasteiger partial charge in [-0.3, -0.25) is 0 Å². The molecule has 0 saturated heterocycles. The lowest BCUT2D eigenvalue weighted by molar-refractivity contribution is 0.581. The molecule has 0 bridgehead atoms. The highest BCUT2D eigenvalue weighted by atomic mass is 35.5. The smallest absolute Gasteiger partial charge is 0.218 e. The molecule has 4 rings (SSSR count). The molecule has 0 aliphatic rings. The number of benzene rings is 3. The van der Waals surface area contributed by atoms with E-state index in [2.05, 4.69) is 4.98 Å². The molecule has 5 nitrogen and oxygen atoms in total. The van der Waals surface area contributed by atoms with Crippen molar-refractivity contribution in [3.05, 3.63) is 88.9 Å². The highest BCUT2D eigenvalue weighted by molar-refractivity contribution is 8.02. The molecule has 0 N–H and O–H groups in total. The molecule has 1 aromatic heterocycles. The highest BCUT2D eigenvalue weighted by Crippen LogP contribution is 2.41. The molecule has 33 heavy (non-hydrogen) atoms. The maximum absolute atomic E-state index is 13.5. The molecule has 0 atom stereocenters. The van der Waals surface area contributed by atoms with Crippen molar-refractivity contribution in [3.8, 4) is 0 Å². The van der Waals surface area contributed by atoms with Gasteiger partial charge in [-0.2, -0.15) is 0 Å². The number of sulfone groups is 2. The Morgan fingerprint density at radius 2 is 1.21 bits per heavy atom. The summed E-state index contributed by atoms with van der Waals surface area (Å²) in [7, 11) is -8.34. The zero-order valence-electron chi connectivity index (χ0n) is 17.5. The Bertz CT molecular complexity index is 1420. The van der Waals surface area contributed by atoms with Crippen molar-refractivity contribution >= 4 is 54.4 Å². The minimum absolute atomic E-state index is 0.0159. The number of thiazole rings is 1. The highest BCUT2D eigenvalue weighted by Gasteiger charge is 2.34. The second-order valence-electron chi connectivity index (χ2n) is 7.26. The fourth-order valence-electron chi connectivity index (χ4n) is 2.91. The van der Waals surface area contributed by atoms with Gasteiger partial charge in [0.25, 0.3) is 0 Å². The van der Waals surface area contributed by atoms with E-state index in [1.807, 2.05) is 38.1 Å². The molecule has 10 heteroatoms. The molecule has 0 radical (unpaired) electrons. The van der Waals surface area contributed by atoms with Crippen LogP contribution >= 0.6 is 34.7 Å². The lowest BCUT2D eigenvalue weighted by Crippen LogP contribution is -2.09. The molecule has 0 saturated carbocycles. The van der Waals surface area contributed by atoms with Crippen LogP contribution in [-0.2, 0) is 19.7 Å². The minimum atomic E-state index is -4.18. The zero-order valence-corrected chi connectivity index (χ0v) is 21.5. The summed E-state index contributed by atoms with van der Waals surface area (Å²) in [6, 6.07) is 19.4. The van der Waals surface area contributed by atoms with Crippen molar-refractivity contribution in [2.45, 2.75) is 42.1 Å². The van der Waals surface area contributed by atoms with E-state index in [1.54, 1.807) is 12.1 Å². The summed E-state index contributed by atoms with van der Waals surface area (Å²) in [6.45, 7) is 3.80. The average Bonchev–Trinajstić information content (AvgIpc) is 3.22. The number of aryl methyl sites for hydroxylation is 2. The summed E-state index contributed by atoms with van der Waals surface area (Å²) in [6.07, 6.45) is 0. The van der Waals surface area contributed by atoms with Gasteiger partial charge in [-0.05, 0) is 62.4 Å². The van der Waals surface area contributed by atoms with Crippen LogP contribution in [0.15, 0.2) is 101 Å². The van der Waals surface area contributed by atoms with Gasteiger partial charge in [0.1, 0.15) is 0 Å². The molecule has 1 heterocycles. The molecule has 4 aromatic rings. The van der Waals surface area contributed by atoms with E-state index in [4.69, 9.17) is 11.6 Å². The number of hydrogen-bond donors (Lipinski definition) is 0. The lowest BCUT2D eigenvalue weighted by Gasteiger charge is -2.06. The SMILES string of the molecule is Cc1ccc(Sc2nc(S(=O)(=O)c3ccc(C)cc3)c(S(=O)(=O)c3ccc(Cl)cc3)s2)cc1. The molecule has 0 aliphatic heterocycles. The van der Waals surface area contributed by atoms with Crippen molar-refractivity contribution < 1.29 is 16.8 Å². The van der Waals surface area contributed by atoms with E-state index in [0.717, 1.165) is 27.4 Å². The van der Waals surface area contributed by atoms with E-state index in [0.29, 0.717) is 9.36 Å². The van der Waals surface area contributed by atoms with Crippen molar-refractivity contribution in [2.75, 3.05) is 0 Å². The van der Waals surface area contributed by atoms with Gasteiger partial charge in [-0.15, -0.1) is 0 Å². The van der Waals surface area contributed by atoms with Crippen LogP contribution in [0.2, 0.25) is 5.02 Å². The average molecular weight is 536 g/mol. The minimum Gasteiger partial charge on any atom is -0.218 e. The van der Waals surface area contributed by atoms with Crippen LogP contribution in [0.4, 0.5) is 0 Å². The third-order valence-corrected chi connectivity index (χ3v) is 11.3. The number of aromatic nitrogens is 1. The predicted octanol–water partition coefficient (Wildman–Crippen LogP) is 6.23. The van der Waals surface area contributed by atoms with Crippen LogP contribution in [-0.4, -0.2) is 21.8 Å². The summed E-state index contributed by atoms with van der Waals surface area (Å²) in [4.78, 5) is 5.05. The second-order valence-corrected chi connectivity index (χ2v) is 14.0. The van der Waals surface area contributed by atoms with Gasteiger partial charge in [0.05, 0.1) is 9.79 Å². The maximum atomic E-state index is 13.5. The Balaban J connectivity index is 1.88. The van der Waals surface area contributed by atoms with E-state index in [9.17, 15) is 16.8 Å². The van der Waals surface area contributed by atoms with E-state index >= 15 is 0 Å². The van der Waals surface area contributed by atoms with Gasteiger partial charge in [0.2, 0.25) is 19.7 Å². The summed E-state index contributed by atoms with van der Waals surface area (Å²) >= 11 is 7.96. The van der Waals surface area contributed by atoms with Crippen molar-refractivity contribution in [1.82, 2.24) is 4.98 Å². The monoisotopic (exact) mass is 535 g/mol. The fourth-order valence-corrected chi connectivity index (χ4v) is 9.27. The normalized spacial score (nSPS) is 12.1. The van der Waals surface area contributed by atoms with Gasteiger partial charge in [0.15, 0.2) is 13.6 Å².